The molecule has 9 heteroatoms. The van der Waals surface area contributed by atoms with E-state index in [1.807, 2.05) is 13.8 Å². The molecule has 0 bridgehead atoms. The highest BCUT2D eigenvalue weighted by Crippen LogP contribution is 2.29. The van der Waals surface area contributed by atoms with Gasteiger partial charge in [0.25, 0.3) is 5.69 Å². The maximum absolute atomic E-state index is 11.9. The van der Waals surface area contributed by atoms with Gasteiger partial charge in [0.2, 0.25) is 5.91 Å². The molecule has 8 nitrogen and oxygen atoms in total. The summed E-state index contributed by atoms with van der Waals surface area (Å²) >= 11 is 0. The van der Waals surface area contributed by atoms with E-state index in [2.05, 4.69) is 5.32 Å². The van der Waals surface area contributed by atoms with Gasteiger partial charge in [-0.05, 0) is 26.0 Å². The van der Waals surface area contributed by atoms with Crippen LogP contribution in [0.2, 0.25) is 0 Å². The zero-order chi connectivity index (χ0) is 17.4. The standard InChI is InChI=1S/C14H19N3O5S/c1-9(2)16-8-10(6-14(16)18)15-12-5-4-11(23(3,21)22)7-13(12)17(19)20/h4-5,7,9-10,15H,6,8H2,1-3H3/t10-/m0/s1. The summed E-state index contributed by atoms with van der Waals surface area (Å²) in [5, 5.41) is 14.2. The van der Waals surface area contributed by atoms with Crippen LogP contribution in [0.15, 0.2) is 23.1 Å². The monoisotopic (exact) mass is 341 g/mol. The number of sulfone groups is 1. The molecule has 1 saturated heterocycles. The molecule has 0 unspecified atom stereocenters. The predicted molar refractivity (Wildman–Crippen MR) is 85.1 cm³/mol. The predicted octanol–water partition coefficient (Wildman–Crippen LogP) is 1.42. The van der Waals surface area contributed by atoms with Crippen LogP contribution in [0.4, 0.5) is 11.4 Å². The van der Waals surface area contributed by atoms with Crippen LogP contribution in [-0.2, 0) is 14.6 Å². The zero-order valence-electron chi connectivity index (χ0n) is 13.1. The van der Waals surface area contributed by atoms with Crippen molar-refractivity contribution in [2.45, 2.75) is 37.2 Å². The van der Waals surface area contributed by atoms with Crippen LogP contribution >= 0.6 is 0 Å². The molecule has 0 saturated carbocycles. The first kappa shape index (κ1) is 17.2. The molecule has 1 N–H and O–H groups in total. The Morgan fingerprint density at radius 3 is 2.52 bits per heavy atom. The van der Waals surface area contributed by atoms with Crippen molar-refractivity contribution < 1.29 is 18.1 Å². The highest BCUT2D eigenvalue weighted by atomic mass is 32.2. The molecule has 1 aromatic carbocycles. The van der Waals surface area contributed by atoms with Gasteiger partial charge in [-0.25, -0.2) is 8.42 Å². The van der Waals surface area contributed by atoms with Gasteiger partial charge in [0.05, 0.1) is 15.9 Å². The van der Waals surface area contributed by atoms with Crippen LogP contribution < -0.4 is 5.32 Å². The molecule has 1 aromatic rings. The van der Waals surface area contributed by atoms with Crippen molar-refractivity contribution in [2.75, 3.05) is 18.1 Å². The minimum Gasteiger partial charge on any atom is -0.374 e. The molecule has 0 aromatic heterocycles. The second kappa shape index (κ2) is 6.15. The van der Waals surface area contributed by atoms with E-state index < -0.39 is 14.8 Å². The van der Waals surface area contributed by atoms with Crippen molar-refractivity contribution in [3.8, 4) is 0 Å². The lowest BCUT2D eigenvalue weighted by atomic mass is 10.2. The number of benzene rings is 1. The number of nitrogens with one attached hydrogen (secondary N) is 1. The van der Waals surface area contributed by atoms with Crippen molar-refractivity contribution in [1.29, 1.82) is 0 Å². The molecule has 1 atom stereocenters. The van der Waals surface area contributed by atoms with E-state index in [-0.39, 0.29) is 40.7 Å². The van der Waals surface area contributed by atoms with Crippen LogP contribution in [-0.4, -0.2) is 49.0 Å². The minimum absolute atomic E-state index is 0.00657. The van der Waals surface area contributed by atoms with E-state index in [9.17, 15) is 23.3 Å². The zero-order valence-corrected chi connectivity index (χ0v) is 14.0. The molecule has 126 valence electrons. The molecule has 0 aliphatic carbocycles. The number of nitro groups is 1. The van der Waals surface area contributed by atoms with Gasteiger partial charge in [-0.2, -0.15) is 0 Å². The Balaban J connectivity index is 2.27. The number of carbonyl (C=O) groups excluding carboxylic acids is 1. The molecule has 1 fully saturated rings. The summed E-state index contributed by atoms with van der Waals surface area (Å²) in [5.41, 5.74) is -0.103. The SMILES string of the molecule is CC(C)N1C[C@@H](Nc2ccc(S(C)(=O)=O)cc2[N+](=O)[O-])CC1=O. The molecule has 1 aliphatic rings. The van der Waals surface area contributed by atoms with Crippen molar-refractivity contribution in [2.24, 2.45) is 0 Å². The van der Waals surface area contributed by atoms with Gasteiger partial charge in [-0.15, -0.1) is 0 Å². The number of anilines is 1. The summed E-state index contributed by atoms with van der Waals surface area (Å²) < 4.78 is 23.1. The topological polar surface area (TPSA) is 110 Å². The number of nitrogens with zero attached hydrogens (tertiary/aromatic N) is 2. The summed E-state index contributed by atoms with van der Waals surface area (Å²) in [6.07, 6.45) is 1.25. The van der Waals surface area contributed by atoms with Crippen LogP contribution in [0.3, 0.4) is 0 Å². The molecule has 0 spiro atoms. The Kier molecular flexibility index (Phi) is 4.60. The van der Waals surface area contributed by atoms with E-state index in [0.29, 0.717) is 6.54 Å². The number of rotatable bonds is 5. The first-order valence-corrected chi connectivity index (χ1v) is 9.03. The fourth-order valence-corrected chi connectivity index (χ4v) is 3.20. The lowest BCUT2D eigenvalue weighted by Crippen LogP contribution is -2.33. The highest BCUT2D eigenvalue weighted by Gasteiger charge is 2.32. The Hall–Kier alpha value is -2.16. The molecule has 1 amide bonds. The van der Waals surface area contributed by atoms with Crippen molar-refractivity contribution >= 4 is 27.1 Å². The Morgan fingerprint density at radius 2 is 2.04 bits per heavy atom. The number of likely N-dealkylation sites (tertiary alicyclic amines) is 1. The summed E-state index contributed by atoms with van der Waals surface area (Å²) in [5.74, 6) is -0.00657. The van der Waals surface area contributed by atoms with E-state index in [1.54, 1.807) is 4.90 Å². The maximum atomic E-state index is 11.9. The third kappa shape index (κ3) is 3.79. The van der Waals surface area contributed by atoms with Crippen molar-refractivity contribution in [3.63, 3.8) is 0 Å². The Bertz CT molecular complexity index is 745. The second-order valence-corrected chi connectivity index (χ2v) is 7.91. The number of amides is 1. The number of hydrogen-bond acceptors (Lipinski definition) is 6. The van der Waals surface area contributed by atoms with Crippen molar-refractivity contribution in [1.82, 2.24) is 4.90 Å². The first-order valence-electron chi connectivity index (χ1n) is 7.14. The van der Waals surface area contributed by atoms with E-state index in [0.717, 1.165) is 12.3 Å². The average molecular weight is 341 g/mol. The Morgan fingerprint density at radius 1 is 1.39 bits per heavy atom. The minimum atomic E-state index is -3.53. The van der Waals surface area contributed by atoms with Crippen LogP contribution in [0.25, 0.3) is 0 Å². The highest BCUT2D eigenvalue weighted by molar-refractivity contribution is 7.90. The van der Waals surface area contributed by atoms with Crippen molar-refractivity contribution in [3.05, 3.63) is 28.3 Å². The average Bonchev–Trinajstić information content (AvgIpc) is 2.78. The van der Waals surface area contributed by atoms with E-state index in [1.165, 1.54) is 12.1 Å². The summed E-state index contributed by atoms with van der Waals surface area (Å²) in [7, 11) is -3.53. The van der Waals surface area contributed by atoms with Gasteiger partial charge in [0.1, 0.15) is 5.69 Å². The number of carbonyl (C=O) groups is 1. The second-order valence-electron chi connectivity index (χ2n) is 5.89. The normalized spacial score (nSPS) is 18.5. The van der Waals surface area contributed by atoms with E-state index >= 15 is 0 Å². The molecule has 1 aliphatic heterocycles. The van der Waals surface area contributed by atoms with Gasteiger partial charge in [0, 0.05) is 31.3 Å². The fraction of sp³-hybridized carbons (Fsp3) is 0.500. The van der Waals surface area contributed by atoms with Gasteiger partial charge < -0.3 is 10.2 Å². The number of hydrogen-bond donors (Lipinski definition) is 1. The quantitative estimate of drug-likeness (QED) is 0.641. The largest absolute Gasteiger partial charge is 0.374 e. The third-order valence-corrected chi connectivity index (χ3v) is 4.85. The molecule has 0 radical (unpaired) electrons. The van der Waals surface area contributed by atoms with E-state index in [4.69, 9.17) is 0 Å². The summed E-state index contributed by atoms with van der Waals surface area (Å²) in [4.78, 5) is 24.1. The van der Waals surface area contributed by atoms with Gasteiger partial charge in [-0.3, -0.25) is 14.9 Å². The summed E-state index contributed by atoms with van der Waals surface area (Å²) in [6.45, 7) is 4.27. The summed E-state index contributed by atoms with van der Waals surface area (Å²) in [6, 6.07) is 3.55. The van der Waals surface area contributed by atoms with Gasteiger partial charge >= 0.3 is 0 Å². The van der Waals surface area contributed by atoms with Gasteiger partial charge in [-0.1, -0.05) is 0 Å². The molecule has 1 heterocycles. The molecule has 23 heavy (non-hydrogen) atoms. The number of nitro benzene ring substituents is 1. The Labute approximate surface area is 134 Å². The maximum Gasteiger partial charge on any atom is 0.293 e. The lowest BCUT2D eigenvalue weighted by molar-refractivity contribution is -0.384. The smallest absolute Gasteiger partial charge is 0.293 e. The molecule has 2 rings (SSSR count). The lowest BCUT2D eigenvalue weighted by Gasteiger charge is -2.21. The molecular weight excluding hydrogens is 322 g/mol. The molecular formula is C14H19N3O5S. The van der Waals surface area contributed by atoms with Crippen LogP contribution in [0.1, 0.15) is 20.3 Å². The van der Waals surface area contributed by atoms with Gasteiger partial charge in [0.15, 0.2) is 9.84 Å². The first-order chi connectivity index (χ1) is 10.6. The van der Waals surface area contributed by atoms with Crippen LogP contribution in [0, 0.1) is 10.1 Å². The fourth-order valence-electron chi connectivity index (χ4n) is 2.56. The third-order valence-electron chi connectivity index (χ3n) is 3.74. The van der Waals surface area contributed by atoms with Crippen LogP contribution in [0.5, 0.6) is 0 Å².